The van der Waals surface area contributed by atoms with Gasteiger partial charge in [-0.3, -0.25) is 0 Å². The Morgan fingerprint density at radius 1 is 0.696 bits per heavy atom. The Morgan fingerprint density at radius 3 is 2.04 bits per heavy atom. The Hall–Kier alpha value is -2.48. The van der Waals surface area contributed by atoms with Gasteiger partial charge in [0.25, 0.3) is 0 Å². The molecule has 23 heavy (non-hydrogen) atoms. The molecule has 3 rings (SSSR count). The first kappa shape index (κ1) is 15.4. The fourth-order valence-corrected chi connectivity index (χ4v) is 2.66. The Labute approximate surface area is 138 Å². The summed E-state index contributed by atoms with van der Waals surface area (Å²) in [5, 5.41) is 0. The van der Waals surface area contributed by atoms with Gasteiger partial charge in [-0.15, -0.1) is 0 Å². The van der Waals surface area contributed by atoms with Crippen LogP contribution >= 0.6 is 0 Å². The van der Waals surface area contributed by atoms with Crippen molar-refractivity contribution in [2.45, 2.75) is 32.6 Å². The van der Waals surface area contributed by atoms with Crippen LogP contribution < -0.4 is 0 Å². The molecule has 3 aromatic rings. The van der Waals surface area contributed by atoms with Crippen LogP contribution in [0.1, 0.15) is 31.7 Å². The molecule has 0 radical (unpaired) electrons. The second-order valence-electron chi connectivity index (χ2n) is 5.82. The van der Waals surface area contributed by atoms with Gasteiger partial charge in [0, 0.05) is 23.5 Å². The van der Waals surface area contributed by atoms with Crippen LogP contribution in [0.2, 0.25) is 0 Å². The van der Waals surface area contributed by atoms with E-state index in [9.17, 15) is 0 Å². The van der Waals surface area contributed by atoms with E-state index in [1.54, 1.807) is 0 Å². The van der Waals surface area contributed by atoms with Crippen LogP contribution in [0.15, 0.2) is 67.0 Å². The number of aromatic nitrogens is 2. The van der Waals surface area contributed by atoms with Crippen molar-refractivity contribution >= 4 is 0 Å². The average Bonchev–Trinajstić information content (AvgIpc) is 2.63. The zero-order valence-corrected chi connectivity index (χ0v) is 13.6. The summed E-state index contributed by atoms with van der Waals surface area (Å²) in [5.41, 5.74) is 4.66. The van der Waals surface area contributed by atoms with Gasteiger partial charge in [-0.2, -0.15) is 0 Å². The zero-order valence-electron chi connectivity index (χ0n) is 13.6. The highest BCUT2D eigenvalue weighted by Gasteiger charge is 2.03. The summed E-state index contributed by atoms with van der Waals surface area (Å²) in [7, 11) is 0. The highest BCUT2D eigenvalue weighted by molar-refractivity contribution is 5.63. The number of aryl methyl sites for hydroxylation is 1. The summed E-state index contributed by atoms with van der Waals surface area (Å²) >= 11 is 0. The van der Waals surface area contributed by atoms with Crippen LogP contribution in [-0.2, 0) is 6.42 Å². The van der Waals surface area contributed by atoms with Gasteiger partial charge in [0.05, 0.1) is 0 Å². The molecule has 1 heterocycles. The molecule has 0 amide bonds. The predicted octanol–water partition coefficient (Wildman–Crippen LogP) is 5.54. The Kier molecular flexibility index (Phi) is 5.15. The van der Waals surface area contributed by atoms with Crippen molar-refractivity contribution in [3.8, 4) is 22.5 Å². The molecular weight excluding hydrogens is 280 g/mol. The van der Waals surface area contributed by atoms with Crippen LogP contribution in [0.3, 0.4) is 0 Å². The van der Waals surface area contributed by atoms with E-state index in [1.807, 2.05) is 30.6 Å². The van der Waals surface area contributed by atoms with Gasteiger partial charge in [-0.05, 0) is 24.0 Å². The lowest BCUT2D eigenvalue weighted by molar-refractivity contribution is 0.717. The third-order valence-electron chi connectivity index (χ3n) is 4.04. The van der Waals surface area contributed by atoms with Crippen molar-refractivity contribution in [3.05, 3.63) is 72.6 Å². The predicted molar refractivity (Wildman–Crippen MR) is 96.1 cm³/mol. The van der Waals surface area contributed by atoms with E-state index in [1.165, 1.54) is 24.8 Å². The van der Waals surface area contributed by atoms with Crippen LogP contribution in [0, 0.1) is 0 Å². The summed E-state index contributed by atoms with van der Waals surface area (Å²) in [6.07, 6.45) is 8.77. The van der Waals surface area contributed by atoms with E-state index in [2.05, 4.69) is 53.3 Å². The minimum atomic E-state index is 0.782. The molecule has 2 aromatic carbocycles. The largest absolute Gasteiger partial charge is 0.236 e. The second-order valence-corrected chi connectivity index (χ2v) is 5.82. The van der Waals surface area contributed by atoms with Crippen molar-refractivity contribution in [2.24, 2.45) is 0 Å². The number of hydrogen-bond donors (Lipinski definition) is 0. The van der Waals surface area contributed by atoms with Gasteiger partial charge < -0.3 is 0 Å². The fraction of sp³-hybridized carbons (Fsp3) is 0.238. The number of rotatable bonds is 6. The van der Waals surface area contributed by atoms with Gasteiger partial charge in [0.15, 0.2) is 5.82 Å². The minimum Gasteiger partial charge on any atom is -0.236 e. The van der Waals surface area contributed by atoms with E-state index in [0.717, 1.165) is 28.9 Å². The number of benzene rings is 2. The number of unbranched alkanes of at least 4 members (excludes halogenated alkanes) is 2. The maximum absolute atomic E-state index is 4.52. The second kappa shape index (κ2) is 7.68. The molecule has 0 saturated heterocycles. The summed E-state index contributed by atoms with van der Waals surface area (Å²) < 4.78 is 0. The molecule has 0 spiro atoms. The molecule has 0 saturated carbocycles. The molecule has 0 bridgehead atoms. The lowest BCUT2D eigenvalue weighted by atomic mass is 10.0. The van der Waals surface area contributed by atoms with Crippen molar-refractivity contribution in [2.75, 3.05) is 0 Å². The van der Waals surface area contributed by atoms with Crippen LogP contribution in [-0.4, -0.2) is 9.97 Å². The number of hydrogen-bond acceptors (Lipinski definition) is 2. The molecule has 0 aliphatic carbocycles. The first-order chi connectivity index (χ1) is 11.4. The molecule has 0 atom stereocenters. The van der Waals surface area contributed by atoms with E-state index in [4.69, 9.17) is 0 Å². The summed E-state index contributed by atoms with van der Waals surface area (Å²) in [4.78, 5) is 9.04. The maximum Gasteiger partial charge on any atom is 0.159 e. The van der Waals surface area contributed by atoms with Crippen molar-refractivity contribution in [1.29, 1.82) is 0 Å². The normalized spacial score (nSPS) is 10.7. The lowest BCUT2D eigenvalue weighted by Gasteiger charge is -2.05. The fourth-order valence-electron chi connectivity index (χ4n) is 2.66. The monoisotopic (exact) mass is 302 g/mol. The van der Waals surface area contributed by atoms with Crippen molar-refractivity contribution < 1.29 is 0 Å². The topological polar surface area (TPSA) is 25.8 Å². The van der Waals surface area contributed by atoms with E-state index in [-0.39, 0.29) is 0 Å². The van der Waals surface area contributed by atoms with Gasteiger partial charge in [-0.25, -0.2) is 9.97 Å². The molecule has 2 nitrogen and oxygen atoms in total. The average molecular weight is 302 g/mol. The van der Waals surface area contributed by atoms with E-state index < -0.39 is 0 Å². The first-order valence-electron chi connectivity index (χ1n) is 8.33. The zero-order chi connectivity index (χ0) is 15.9. The lowest BCUT2D eigenvalue weighted by Crippen LogP contribution is -1.91. The van der Waals surface area contributed by atoms with Crippen molar-refractivity contribution in [1.82, 2.24) is 9.97 Å². The Bertz CT molecular complexity index is 716. The Balaban J connectivity index is 1.72. The quantitative estimate of drug-likeness (QED) is 0.558. The molecular formula is C21H22N2. The molecule has 2 heteroatoms. The van der Waals surface area contributed by atoms with Crippen LogP contribution in [0.4, 0.5) is 0 Å². The Morgan fingerprint density at radius 2 is 1.39 bits per heavy atom. The molecule has 116 valence electrons. The summed E-state index contributed by atoms with van der Waals surface area (Å²) in [5.74, 6) is 0.782. The molecule has 0 N–H and O–H groups in total. The third-order valence-corrected chi connectivity index (χ3v) is 4.04. The molecule has 0 aliphatic rings. The maximum atomic E-state index is 4.52. The van der Waals surface area contributed by atoms with Crippen molar-refractivity contribution in [3.63, 3.8) is 0 Å². The molecule has 0 unspecified atom stereocenters. The smallest absolute Gasteiger partial charge is 0.159 e. The summed E-state index contributed by atoms with van der Waals surface area (Å²) in [6.45, 7) is 2.24. The highest BCUT2D eigenvalue weighted by atomic mass is 14.9. The number of nitrogens with zero attached hydrogens (tertiary/aromatic N) is 2. The summed E-state index contributed by atoms with van der Waals surface area (Å²) in [6, 6.07) is 18.9. The van der Waals surface area contributed by atoms with E-state index in [0.29, 0.717) is 0 Å². The third kappa shape index (κ3) is 4.04. The highest BCUT2D eigenvalue weighted by Crippen LogP contribution is 2.20. The van der Waals surface area contributed by atoms with Crippen LogP contribution in [0.5, 0.6) is 0 Å². The molecule has 0 aliphatic heterocycles. The SMILES string of the molecule is CCCCCc1ccc(-c2ncc(-c3ccccc3)cn2)cc1. The van der Waals surface area contributed by atoms with Gasteiger partial charge in [-0.1, -0.05) is 74.4 Å². The first-order valence-corrected chi connectivity index (χ1v) is 8.33. The van der Waals surface area contributed by atoms with Crippen LogP contribution in [0.25, 0.3) is 22.5 Å². The van der Waals surface area contributed by atoms with Gasteiger partial charge in [0.1, 0.15) is 0 Å². The van der Waals surface area contributed by atoms with E-state index >= 15 is 0 Å². The molecule has 1 aromatic heterocycles. The standard InChI is InChI=1S/C21H22N2/c1-2-3-5-8-17-11-13-19(14-12-17)21-22-15-20(16-23-21)18-9-6-4-7-10-18/h4,6-7,9-16H,2-3,5,8H2,1H3. The van der Waals surface area contributed by atoms with Gasteiger partial charge >= 0.3 is 0 Å². The van der Waals surface area contributed by atoms with Gasteiger partial charge in [0.2, 0.25) is 0 Å². The minimum absolute atomic E-state index is 0.782. The molecule has 0 fully saturated rings.